The Bertz CT molecular complexity index is 488. The highest BCUT2D eigenvalue weighted by molar-refractivity contribution is 5.55. The van der Waals surface area contributed by atoms with Crippen LogP contribution in [-0.2, 0) is 12.8 Å². The van der Waals surface area contributed by atoms with Crippen LogP contribution >= 0.6 is 0 Å². The van der Waals surface area contributed by atoms with Crippen molar-refractivity contribution in [3.05, 3.63) is 22.9 Å². The van der Waals surface area contributed by atoms with E-state index in [-0.39, 0.29) is 0 Å². The largest absolute Gasteiger partial charge is 0.366 e. The molecule has 2 atom stereocenters. The molecule has 19 heavy (non-hydrogen) atoms. The number of fused-ring (bicyclic) bond motifs is 1. The maximum atomic E-state index is 9.30. The van der Waals surface area contributed by atoms with E-state index in [9.17, 15) is 5.26 Å². The molecular formula is C16H23N3. The molecule has 3 nitrogen and oxygen atoms in total. The van der Waals surface area contributed by atoms with E-state index in [4.69, 9.17) is 4.98 Å². The standard InChI is InChI=1S/C16H23N3/c1-4-11(2)12(3)18-16-14(10-17)9-13-7-5-6-8-15(13)19-16/h9,11-12H,4-8H2,1-3H3,(H,18,19). The van der Waals surface area contributed by atoms with Crippen molar-refractivity contribution in [1.29, 1.82) is 5.26 Å². The van der Waals surface area contributed by atoms with E-state index in [0.29, 0.717) is 17.5 Å². The summed E-state index contributed by atoms with van der Waals surface area (Å²) in [4.78, 5) is 4.71. The third-order valence-electron chi connectivity index (χ3n) is 4.28. The van der Waals surface area contributed by atoms with Gasteiger partial charge in [0.05, 0.1) is 5.56 Å². The van der Waals surface area contributed by atoms with Crippen LogP contribution in [0.15, 0.2) is 6.07 Å². The minimum Gasteiger partial charge on any atom is -0.366 e. The zero-order valence-corrected chi connectivity index (χ0v) is 12.2. The summed E-state index contributed by atoms with van der Waals surface area (Å²) in [6, 6.07) is 4.66. The van der Waals surface area contributed by atoms with E-state index < -0.39 is 0 Å². The lowest BCUT2D eigenvalue weighted by atomic mass is 9.94. The van der Waals surface area contributed by atoms with Gasteiger partial charge in [0.15, 0.2) is 0 Å². The fourth-order valence-corrected chi connectivity index (χ4v) is 2.54. The lowest BCUT2D eigenvalue weighted by Gasteiger charge is -2.23. The molecule has 1 aromatic rings. The molecule has 1 heterocycles. The van der Waals surface area contributed by atoms with Crippen LogP contribution in [0.2, 0.25) is 0 Å². The number of rotatable bonds is 4. The van der Waals surface area contributed by atoms with Crippen molar-refractivity contribution >= 4 is 5.82 Å². The predicted molar refractivity (Wildman–Crippen MR) is 78.1 cm³/mol. The Kier molecular flexibility index (Phi) is 4.42. The van der Waals surface area contributed by atoms with Crippen LogP contribution in [-0.4, -0.2) is 11.0 Å². The first-order valence-corrected chi connectivity index (χ1v) is 7.35. The van der Waals surface area contributed by atoms with Gasteiger partial charge in [0, 0.05) is 11.7 Å². The Hall–Kier alpha value is -1.56. The summed E-state index contributed by atoms with van der Waals surface area (Å²) in [5.74, 6) is 1.35. The number of hydrogen-bond donors (Lipinski definition) is 1. The Balaban J connectivity index is 2.27. The van der Waals surface area contributed by atoms with Gasteiger partial charge >= 0.3 is 0 Å². The van der Waals surface area contributed by atoms with Crippen molar-refractivity contribution in [1.82, 2.24) is 4.98 Å². The van der Waals surface area contributed by atoms with E-state index in [1.165, 1.54) is 24.1 Å². The molecule has 0 saturated heterocycles. The zero-order chi connectivity index (χ0) is 13.8. The quantitative estimate of drug-likeness (QED) is 0.895. The van der Waals surface area contributed by atoms with Gasteiger partial charge in [0.25, 0.3) is 0 Å². The molecule has 1 aromatic heterocycles. The van der Waals surface area contributed by atoms with Crippen molar-refractivity contribution < 1.29 is 0 Å². The molecule has 102 valence electrons. The maximum absolute atomic E-state index is 9.30. The van der Waals surface area contributed by atoms with Crippen molar-refractivity contribution in [3.8, 4) is 6.07 Å². The fraction of sp³-hybridized carbons (Fsp3) is 0.625. The molecule has 0 radical (unpaired) electrons. The molecule has 1 N–H and O–H groups in total. The van der Waals surface area contributed by atoms with Crippen LogP contribution in [0, 0.1) is 17.2 Å². The first kappa shape index (κ1) is 13.9. The zero-order valence-electron chi connectivity index (χ0n) is 12.2. The van der Waals surface area contributed by atoms with E-state index in [0.717, 1.165) is 25.1 Å². The molecule has 1 aliphatic carbocycles. The summed E-state index contributed by atoms with van der Waals surface area (Å²) in [6.45, 7) is 6.58. The number of pyridine rings is 1. The third kappa shape index (κ3) is 3.07. The first-order valence-electron chi connectivity index (χ1n) is 7.35. The third-order valence-corrected chi connectivity index (χ3v) is 4.28. The van der Waals surface area contributed by atoms with Gasteiger partial charge in [-0.15, -0.1) is 0 Å². The van der Waals surface area contributed by atoms with Crippen LogP contribution < -0.4 is 5.32 Å². The van der Waals surface area contributed by atoms with Crippen LogP contribution in [0.1, 0.15) is 56.9 Å². The van der Waals surface area contributed by atoms with Gasteiger partial charge in [-0.1, -0.05) is 20.3 Å². The Morgan fingerprint density at radius 1 is 1.37 bits per heavy atom. The highest BCUT2D eigenvalue weighted by atomic mass is 15.0. The molecule has 2 unspecified atom stereocenters. The lowest BCUT2D eigenvalue weighted by molar-refractivity contribution is 0.493. The van der Waals surface area contributed by atoms with Gasteiger partial charge in [0.1, 0.15) is 11.9 Å². The van der Waals surface area contributed by atoms with E-state index in [1.54, 1.807) is 0 Å². The molecule has 0 fully saturated rings. The van der Waals surface area contributed by atoms with Crippen LogP contribution in [0.25, 0.3) is 0 Å². The van der Waals surface area contributed by atoms with Gasteiger partial charge in [-0.05, 0) is 50.2 Å². The van der Waals surface area contributed by atoms with Gasteiger partial charge in [-0.3, -0.25) is 0 Å². The number of nitriles is 1. The van der Waals surface area contributed by atoms with Crippen LogP contribution in [0.5, 0.6) is 0 Å². The summed E-state index contributed by atoms with van der Waals surface area (Å²) in [7, 11) is 0. The highest BCUT2D eigenvalue weighted by Crippen LogP contribution is 2.25. The van der Waals surface area contributed by atoms with Gasteiger partial charge < -0.3 is 5.32 Å². The monoisotopic (exact) mass is 257 g/mol. The number of aryl methyl sites for hydroxylation is 2. The number of aromatic nitrogens is 1. The van der Waals surface area contributed by atoms with E-state index in [1.807, 2.05) is 6.07 Å². The molecule has 0 aliphatic heterocycles. The highest BCUT2D eigenvalue weighted by Gasteiger charge is 2.17. The van der Waals surface area contributed by atoms with E-state index in [2.05, 4.69) is 32.2 Å². The number of anilines is 1. The predicted octanol–water partition coefficient (Wildman–Crippen LogP) is 3.68. The second-order valence-electron chi connectivity index (χ2n) is 5.63. The van der Waals surface area contributed by atoms with Crippen molar-refractivity contribution in [3.63, 3.8) is 0 Å². The molecule has 0 amide bonds. The summed E-state index contributed by atoms with van der Waals surface area (Å²) >= 11 is 0. The summed E-state index contributed by atoms with van der Waals surface area (Å²) in [5.41, 5.74) is 3.14. The Labute approximate surface area is 116 Å². The topological polar surface area (TPSA) is 48.7 Å². The molecular weight excluding hydrogens is 234 g/mol. The summed E-state index contributed by atoms with van der Waals surface area (Å²) in [5, 5.41) is 12.7. The average Bonchev–Trinajstić information content (AvgIpc) is 2.45. The smallest absolute Gasteiger partial charge is 0.144 e. The number of nitrogens with one attached hydrogen (secondary N) is 1. The van der Waals surface area contributed by atoms with Crippen LogP contribution in [0.4, 0.5) is 5.82 Å². The number of hydrogen-bond acceptors (Lipinski definition) is 3. The summed E-state index contributed by atoms with van der Waals surface area (Å²) < 4.78 is 0. The van der Waals surface area contributed by atoms with Gasteiger partial charge in [0.2, 0.25) is 0 Å². The molecule has 0 aromatic carbocycles. The minimum atomic E-state index is 0.339. The van der Waals surface area contributed by atoms with Gasteiger partial charge in [-0.2, -0.15) is 5.26 Å². The van der Waals surface area contributed by atoms with Crippen molar-refractivity contribution in [2.45, 2.75) is 58.9 Å². The van der Waals surface area contributed by atoms with Gasteiger partial charge in [-0.25, -0.2) is 4.98 Å². The second kappa shape index (κ2) is 6.06. The SMILES string of the molecule is CCC(C)C(C)Nc1nc2c(cc1C#N)CCCC2. The Morgan fingerprint density at radius 3 is 2.79 bits per heavy atom. The molecule has 0 bridgehead atoms. The van der Waals surface area contributed by atoms with Crippen molar-refractivity contribution in [2.24, 2.45) is 5.92 Å². The Morgan fingerprint density at radius 2 is 2.11 bits per heavy atom. The first-order chi connectivity index (χ1) is 9.15. The fourth-order valence-electron chi connectivity index (χ4n) is 2.54. The molecule has 1 aliphatic rings. The normalized spacial score (nSPS) is 17.2. The molecule has 0 spiro atoms. The lowest BCUT2D eigenvalue weighted by Crippen LogP contribution is -2.25. The summed E-state index contributed by atoms with van der Waals surface area (Å²) in [6.07, 6.45) is 5.68. The molecule has 0 saturated carbocycles. The maximum Gasteiger partial charge on any atom is 0.144 e. The minimum absolute atomic E-state index is 0.339. The average molecular weight is 257 g/mol. The van der Waals surface area contributed by atoms with E-state index >= 15 is 0 Å². The van der Waals surface area contributed by atoms with Crippen LogP contribution in [0.3, 0.4) is 0 Å². The van der Waals surface area contributed by atoms with Crippen molar-refractivity contribution in [2.75, 3.05) is 5.32 Å². The molecule has 2 rings (SSSR count). The number of nitrogens with zero attached hydrogens (tertiary/aromatic N) is 2. The molecule has 3 heteroatoms. The second-order valence-corrected chi connectivity index (χ2v) is 5.63.